The molecule has 4 amide bonds. The highest BCUT2D eigenvalue weighted by molar-refractivity contribution is 5.91. The van der Waals surface area contributed by atoms with Crippen LogP contribution in [0.15, 0.2) is 72.8 Å². The maximum absolute atomic E-state index is 13.7. The lowest BCUT2D eigenvalue weighted by Crippen LogP contribution is -2.48. The topological polar surface area (TPSA) is 118 Å². The van der Waals surface area contributed by atoms with E-state index in [2.05, 4.69) is 0 Å². The third-order valence-corrected chi connectivity index (χ3v) is 13.1. The summed E-state index contributed by atoms with van der Waals surface area (Å²) in [6, 6.07) is 2.13. The van der Waals surface area contributed by atoms with E-state index in [9.17, 15) is 98.2 Å². The molecule has 0 bridgehead atoms. The van der Waals surface area contributed by atoms with Crippen molar-refractivity contribution in [2.24, 2.45) is 0 Å². The molecule has 0 aliphatic carbocycles. The van der Waals surface area contributed by atoms with Crippen LogP contribution in [0.1, 0.15) is 121 Å². The fourth-order valence-electron chi connectivity index (χ4n) is 9.43. The molecule has 82 heavy (non-hydrogen) atoms. The van der Waals surface area contributed by atoms with Gasteiger partial charge in [0.15, 0.2) is 0 Å². The zero-order valence-electron chi connectivity index (χ0n) is 43.8. The van der Waals surface area contributed by atoms with E-state index in [1.54, 1.807) is 13.8 Å². The van der Waals surface area contributed by atoms with Crippen molar-refractivity contribution < 1.29 is 117 Å². The Morgan fingerprint density at radius 1 is 0.439 bits per heavy atom. The summed E-state index contributed by atoms with van der Waals surface area (Å²) in [7, 11) is 1.81. The van der Waals surface area contributed by atoms with E-state index in [0.29, 0.717) is 48.5 Å². The minimum absolute atomic E-state index is 0.0590. The van der Waals surface area contributed by atoms with Crippen LogP contribution in [0, 0.1) is 0 Å². The largest absolute Gasteiger partial charge is 0.453 e. The Morgan fingerprint density at radius 2 is 0.720 bits per heavy atom. The Labute approximate surface area is 455 Å². The van der Waals surface area contributed by atoms with Crippen molar-refractivity contribution in [1.29, 1.82) is 0 Å². The van der Waals surface area contributed by atoms with Crippen LogP contribution in [0.5, 0.6) is 0 Å². The zero-order valence-corrected chi connectivity index (χ0v) is 43.8. The van der Waals surface area contributed by atoms with Crippen molar-refractivity contribution in [3.8, 4) is 0 Å². The van der Waals surface area contributed by atoms with Crippen molar-refractivity contribution in [3.05, 3.63) is 128 Å². The summed E-state index contributed by atoms with van der Waals surface area (Å²) in [5.74, 6) is 0. The van der Waals surface area contributed by atoms with Gasteiger partial charge in [0.25, 0.3) is 0 Å². The third-order valence-electron chi connectivity index (χ3n) is 13.1. The number of amides is 4. The van der Waals surface area contributed by atoms with E-state index in [0.717, 1.165) is 46.0 Å². The van der Waals surface area contributed by atoms with Crippen LogP contribution >= 0.6 is 0 Å². The quantitative estimate of drug-likeness (QED) is 0.114. The molecule has 0 fully saturated rings. The number of ether oxygens (including phenoxy) is 4. The lowest BCUT2D eigenvalue weighted by molar-refractivity contribution is -0.144. The van der Waals surface area contributed by atoms with Gasteiger partial charge in [-0.05, 0) is 135 Å². The van der Waals surface area contributed by atoms with Crippen LogP contribution in [0.25, 0.3) is 0 Å². The number of fused-ring (bicyclic) bond motifs is 2. The molecule has 0 unspecified atom stereocenters. The van der Waals surface area contributed by atoms with Gasteiger partial charge in [0.05, 0.1) is 84.3 Å². The Morgan fingerprint density at radius 3 is 0.951 bits per heavy atom. The number of hydrogen-bond donors (Lipinski definition) is 0. The molecule has 6 rings (SSSR count). The molecule has 452 valence electrons. The smallest absolute Gasteiger partial charge is 0.416 e. The molecule has 4 atom stereocenters. The van der Waals surface area contributed by atoms with Crippen molar-refractivity contribution in [3.63, 3.8) is 0 Å². The molecule has 0 aromatic heterocycles. The number of benzene rings is 4. The Kier molecular flexibility index (Phi) is 20.0. The van der Waals surface area contributed by atoms with Crippen LogP contribution in [0.4, 0.5) is 110 Å². The second-order valence-electron chi connectivity index (χ2n) is 18.3. The molecule has 4 aromatic rings. The second kappa shape index (κ2) is 25.0. The van der Waals surface area contributed by atoms with E-state index in [-0.39, 0.29) is 73.5 Å². The summed E-state index contributed by atoms with van der Waals surface area (Å²) in [6.45, 7) is 4.45. The molecule has 2 heterocycles. The van der Waals surface area contributed by atoms with Crippen LogP contribution in [0.2, 0.25) is 0 Å². The fourth-order valence-corrected chi connectivity index (χ4v) is 9.43. The van der Waals surface area contributed by atoms with Crippen LogP contribution in [0.3, 0.4) is 0 Å². The summed E-state index contributed by atoms with van der Waals surface area (Å²) in [6.07, 6.45) is -34.6. The van der Waals surface area contributed by atoms with Gasteiger partial charge in [0, 0.05) is 25.2 Å². The van der Waals surface area contributed by atoms with E-state index in [1.165, 1.54) is 13.8 Å². The molecule has 4 aromatic carbocycles. The highest BCUT2D eigenvalue weighted by Gasteiger charge is 2.46. The van der Waals surface area contributed by atoms with Gasteiger partial charge in [-0.15, -0.1) is 0 Å². The maximum Gasteiger partial charge on any atom is 0.416 e. The van der Waals surface area contributed by atoms with Gasteiger partial charge < -0.3 is 18.9 Å². The number of hydrogen-bond acceptors (Lipinski definition) is 8. The highest BCUT2D eigenvalue weighted by Crippen LogP contribution is 2.48. The molecular formula is C52H50F18N4O8. The Balaban J connectivity index is 0.000000301. The highest BCUT2D eigenvalue weighted by atomic mass is 19.4. The molecule has 2 aliphatic rings. The first-order chi connectivity index (χ1) is 37.8. The first kappa shape index (κ1) is 65.5. The molecule has 2 aliphatic heterocycles. The fraction of sp³-hybridized carbons (Fsp3) is 0.462. The number of halogens is 18. The monoisotopic (exact) mass is 1200 g/mol. The molecule has 0 saturated carbocycles. The normalized spacial score (nSPS) is 17.6. The number of carbonyl (C=O) groups excluding carboxylic acids is 4. The van der Waals surface area contributed by atoms with Gasteiger partial charge in [-0.25, -0.2) is 19.2 Å². The van der Waals surface area contributed by atoms with Crippen molar-refractivity contribution in [2.45, 2.75) is 128 Å². The van der Waals surface area contributed by atoms with Gasteiger partial charge in [0.1, 0.15) is 0 Å². The summed E-state index contributed by atoms with van der Waals surface area (Å²) >= 11 is 0. The standard InChI is InChI=1S/2C26H25F9N2O4/c2*1-4-18-12-21(19-11-15(24(27,28)29)6-7-20(19)37(18)23(39)41-5-2)36(22(38)40-3)13-14-8-16(25(30,31)32)10-17(9-14)26(33,34)35/h2*6-11,18,21H,4-5,12-13H2,1-3H3/t2*18-,21+/m11/s1. The van der Waals surface area contributed by atoms with Gasteiger partial charge in [-0.3, -0.25) is 19.6 Å². The van der Waals surface area contributed by atoms with Crippen LogP contribution in [-0.4, -0.2) is 73.7 Å². The molecule has 0 spiro atoms. The average Bonchev–Trinajstić information content (AvgIpc) is 3.58. The van der Waals surface area contributed by atoms with Crippen LogP contribution < -0.4 is 9.80 Å². The van der Waals surface area contributed by atoms with E-state index in [4.69, 9.17) is 18.9 Å². The maximum atomic E-state index is 13.7. The van der Waals surface area contributed by atoms with E-state index < -0.39 is 143 Å². The lowest BCUT2D eigenvalue weighted by Gasteiger charge is -2.43. The number of methoxy groups -OCH3 is 2. The van der Waals surface area contributed by atoms with Crippen molar-refractivity contribution in [2.75, 3.05) is 37.2 Å². The molecule has 12 nitrogen and oxygen atoms in total. The zero-order chi connectivity index (χ0) is 61.8. The van der Waals surface area contributed by atoms with E-state index >= 15 is 0 Å². The summed E-state index contributed by atoms with van der Waals surface area (Å²) in [4.78, 5) is 55.2. The second-order valence-corrected chi connectivity index (χ2v) is 18.3. The number of anilines is 2. The Hall–Kier alpha value is -7.30. The molecule has 0 N–H and O–H groups in total. The van der Waals surface area contributed by atoms with Gasteiger partial charge in [-0.2, -0.15) is 79.0 Å². The van der Waals surface area contributed by atoms with Gasteiger partial charge in [0.2, 0.25) is 0 Å². The predicted octanol–water partition coefficient (Wildman–Crippen LogP) is 16.4. The number of rotatable bonds is 10. The average molecular weight is 1200 g/mol. The minimum atomic E-state index is -5.17. The molecule has 30 heteroatoms. The van der Waals surface area contributed by atoms with Crippen molar-refractivity contribution in [1.82, 2.24) is 9.80 Å². The van der Waals surface area contributed by atoms with Crippen molar-refractivity contribution >= 4 is 35.7 Å². The van der Waals surface area contributed by atoms with Gasteiger partial charge >= 0.3 is 61.4 Å². The minimum Gasteiger partial charge on any atom is -0.453 e. The first-order valence-electron chi connectivity index (χ1n) is 24.4. The first-order valence-corrected chi connectivity index (χ1v) is 24.4. The SMILES string of the molecule is CCOC(=O)N1c2ccc(C(F)(F)F)cc2[C@@H](N(Cc2cc(C(F)(F)F)cc(C(F)(F)F)c2)C(=O)OC)C[C@H]1CC.CCOC(=O)N1c2ccc(C(F)(F)F)cc2[C@@H](N(Cc2cc(C(F)(F)F)cc(C(F)(F)F)c2)C(=O)OC)C[C@H]1CC. The summed E-state index contributed by atoms with van der Waals surface area (Å²) in [5.41, 5.74) is -10.6. The molecule has 0 saturated heterocycles. The van der Waals surface area contributed by atoms with Gasteiger partial charge in [-0.1, -0.05) is 13.8 Å². The molecular weight excluding hydrogens is 1150 g/mol. The van der Waals surface area contributed by atoms with E-state index in [1.807, 2.05) is 0 Å². The summed E-state index contributed by atoms with van der Waals surface area (Å²) < 4.78 is 263. The molecule has 0 radical (unpaired) electrons. The van der Waals surface area contributed by atoms with Crippen LogP contribution in [-0.2, 0) is 69.1 Å². The Bertz CT molecular complexity index is 2680. The third kappa shape index (κ3) is 15.2. The lowest BCUT2D eigenvalue weighted by atomic mass is 9.87. The number of carbonyl (C=O) groups is 4. The number of alkyl halides is 18. The summed E-state index contributed by atoms with van der Waals surface area (Å²) in [5, 5.41) is 0. The predicted molar refractivity (Wildman–Crippen MR) is 254 cm³/mol. The number of nitrogens with zero attached hydrogens (tertiary/aromatic N) is 4.